The Morgan fingerprint density at radius 3 is 2.00 bits per heavy atom. The first kappa shape index (κ1) is 17.8. The van der Waals surface area contributed by atoms with E-state index in [2.05, 4.69) is 9.97 Å². The van der Waals surface area contributed by atoms with Gasteiger partial charge in [0.05, 0.1) is 15.4 Å². The summed E-state index contributed by atoms with van der Waals surface area (Å²) in [7, 11) is 0. The lowest BCUT2D eigenvalue weighted by molar-refractivity contribution is -0.137. The highest BCUT2D eigenvalue weighted by molar-refractivity contribution is 8.24. The van der Waals surface area contributed by atoms with Crippen molar-refractivity contribution in [2.45, 2.75) is 16.2 Å². The van der Waals surface area contributed by atoms with Crippen LogP contribution in [0, 0.1) is 34.0 Å². The van der Waals surface area contributed by atoms with Crippen molar-refractivity contribution >= 4 is 29.1 Å². The summed E-state index contributed by atoms with van der Waals surface area (Å²) < 4.78 is 39.1. The van der Waals surface area contributed by atoms with Gasteiger partial charge in [-0.05, 0) is 17.7 Å². The van der Waals surface area contributed by atoms with E-state index in [9.17, 15) is 18.4 Å². The second-order valence-corrected chi connectivity index (χ2v) is 7.07. The first-order valence-electron chi connectivity index (χ1n) is 6.77. The predicted octanol–water partition coefficient (Wildman–Crippen LogP) is 4.33. The highest BCUT2D eigenvalue weighted by Crippen LogP contribution is 2.52. The van der Waals surface area contributed by atoms with Gasteiger partial charge in [0.2, 0.25) is 0 Å². The number of hydrogen-bond acceptors (Lipinski definition) is 7. The van der Waals surface area contributed by atoms with Gasteiger partial charge in [-0.1, -0.05) is 35.7 Å². The van der Waals surface area contributed by atoms with Crippen molar-refractivity contribution in [3.8, 4) is 18.2 Å². The van der Waals surface area contributed by atoms with E-state index in [4.69, 9.17) is 10.5 Å². The summed E-state index contributed by atoms with van der Waals surface area (Å²) in [6.45, 7) is 0. The van der Waals surface area contributed by atoms with Gasteiger partial charge in [0.15, 0.2) is 11.4 Å². The number of halogens is 3. The molecule has 126 valence electrons. The van der Waals surface area contributed by atoms with E-state index in [1.54, 1.807) is 12.1 Å². The largest absolute Gasteiger partial charge is 0.416 e. The molecule has 0 fully saturated rings. The van der Waals surface area contributed by atoms with Crippen molar-refractivity contribution in [1.82, 2.24) is 9.97 Å². The van der Waals surface area contributed by atoms with E-state index >= 15 is 0 Å². The average molecular weight is 387 g/mol. The molecule has 2 heterocycles. The van der Waals surface area contributed by atoms with Gasteiger partial charge < -0.3 is 0 Å². The predicted molar refractivity (Wildman–Crippen MR) is 87.2 cm³/mol. The lowest BCUT2D eigenvalue weighted by atomic mass is 10.1. The third-order valence-electron chi connectivity index (χ3n) is 3.22. The van der Waals surface area contributed by atoms with Gasteiger partial charge in [-0.2, -0.15) is 29.0 Å². The van der Waals surface area contributed by atoms with Crippen molar-refractivity contribution < 1.29 is 13.2 Å². The van der Waals surface area contributed by atoms with Gasteiger partial charge in [-0.25, -0.2) is 9.97 Å². The molecule has 1 aliphatic heterocycles. The second-order valence-electron chi connectivity index (χ2n) is 4.81. The average Bonchev–Trinajstić information content (AvgIpc) is 3.03. The van der Waals surface area contributed by atoms with Gasteiger partial charge in [0, 0.05) is 0 Å². The summed E-state index contributed by atoms with van der Waals surface area (Å²) in [4.78, 5) is 8.06. The van der Waals surface area contributed by atoms with Gasteiger partial charge in [-0.15, -0.1) is 0 Å². The van der Waals surface area contributed by atoms with Crippen LogP contribution in [-0.4, -0.2) is 9.97 Å². The fourth-order valence-electron chi connectivity index (χ4n) is 2.07. The summed E-state index contributed by atoms with van der Waals surface area (Å²) in [5.41, 5.74) is -0.978. The zero-order chi connectivity index (χ0) is 18.9. The SMILES string of the molecule is N#CC(=C1Sc2nc(C#N)c(C#N)nc2S1)c1cccc(C(F)(F)F)c1. The number of aromatic nitrogens is 2. The minimum absolute atomic E-state index is 0.0444. The zero-order valence-electron chi connectivity index (χ0n) is 12.5. The maximum atomic E-state index is 12.9. The summed E-state index contributed by atoms with van der Waals surface area (Å²) in [5, 5.41) is 28.1. The molecular weight excluding hydrogens is 383 g/mol. The minimum Gasteiger partial charge on any atom is -0.224 e. The second kappa shape index (κ2) is 6.72. The van der Waals surface area contributed by atoms with Crippen molar-refractivity contribution in [2.24, 2.45) is 0 Å². The monoisotopic (exact) mass is 387 g/mol. The molecule has 5 nitrogen and oxygen atoms in total. The van der Waals surface area contributed by atoms with Crippen molar-refractivity contribution in [2.75, 3.05) is 0 Å². The van der Waals surface area contributed by atoms with E-state index in [0.717, 1.165) is 35.7 Å². The van der Waals surface area contributed by atoms with Gasteiger partial charge in [-0.3, -0.25) is 0 Å². The third-order valence-corrected chi connectivity index (χ3v) is 5.58. The fourth-order valence-corrected chi connectivity index (χ4v) is 4.38. The molecule has 1 aromatic heterocycles. The lowest BCUT2D eigenvalue weighted by Gasteiger charge is -2.09. The molecule has 1 aliphatic rings. The summed E-state index contributed by atoms with van der Waals surface area (Å²) >= 11 is 2.06. The van der Waals surface area contributed by atoms with E-state index in [1.165, 1.54) is 12.1 Å². The lowest BCUT2D eigenvalue weighted by Crippen LogP contribution is -2.05. The molecule has 0 saturated carbocycles. The number of fused-ring (bicyclic) bond motifs is 1. The molecule has 3 rings (SSSR count). The van der Waals surface area contributed by atoms with Crippen LogP contribution >= 0.6 is 23.5 Å². The van der Waals surface area contributed by atoms with Crippen LogP contribution < -0.4 is 0 Å². The van der Waals surface area contributed by atoms with Crippen LogP contribution in [0.25, 0.3) is 5.57 Å². The first-order valence-corrected chi connectivity index (χ1v) is 8.40. The molecule has 0 amide bonds. The fraction of sp³-hybridized carbons (Fsp3) is 0.0625. The Labute approximate surface area is 153 Å². The standard InChI is InChI=1S/C16H4F3N5S2/c17-16(18,19)9-3-1-2-8(4-9)10(5-20)15-25-13-14(26-15)24-12(7-22)11(6-21)23-13/h1-4H. The maximum absolute atomic E-state index is 12.9. The highest BCUT2D eigenvalue weighted by Gasteiger charge is 2.32. The Kier molecular flexibility index (Phi) is 4.60. The van der Waals surface area contributed by atoms with Crippen molar-refractivity contribution in [1.29, 1.82) is 15.8 Å². The number of nitrogens with zero attached hydrogens (tertiary/aromatic N) is 5. The van der Waals surface area contributed by atoms with Gasteiger partial charge in [0.1, 0.15) is 28.3 Å². The maximum Gasteiger partial charge on any atom is 0.416 e. The van der Waals surface area contributed by atoms with Gasteiger partial charge in [0.25, 0.3) is 0 Å². The van der Waals surface area contributed by atoms with E-state index in [-0.39, 0.29) is 22.5 Å². The summed E-state index contributed by atoms with van der Waals surface area (Å²) in [6.07, 6.45) is -4.52. The molecule has 1 aromatic carbocycles. The molecule has 10 heteroatoms. The van der Waals surface area contributed by atoms with Crippen LogP contribution in [0.1, 0.15) is 22.5 Å². The molecule has 2 aromatic rings. The molecule has 26 heavy (non-hydrogen) atoms. The smallest absolute Gasteiger partial charge is 0.224 e. The van der Waals surface area contributed by atoms with Crippen LogP contribution in [0.2, 0.25) is 0 Å². The van der Waals surface area contributed by atoms with E-state index < -0.39 is 11.7 Å². The Balaban J connectivity index is 2.07. The van der Waals surface area contributed by atoms with E-state index in [0.29, 0.717) is 14.3 Å². The molecule has 0 unspecified atom stereocenters. The molecule has 0 atom stereocenters. The Morgan fingerprint density at radius 2 is 1.54 bits per heavy atom. The van der Waals surface area contributed by atoms with Gasteiger partial charge >= 0.3 is 6.18 Å². The van der Waals surface area contributed by atoms with Crippen LogP contribution in [0.5, 0.6) is 0 Å². The number of thioether (sulfide) groups is 2. The summed E-state index contributed by atoms with van der Waals surface area (Å²) in [6, 6.07) is 9.91. The van der Waals surface area contributed by atoms with E-state index in [1.807, 2.05) is 6.07 Å². The number of nitriles is 3. The molecule has 0 radical (unpaired) electrons. The third kappa shape index (κ3) is 3.23. The quantitative estimate of drug-likeness (QED) is 0.672. The number of allylic oxidation sites excluding steroid dienone is 1. The number of benzene rings is 1. The Morgan fingerprint density at radius 1 is 0.962 bits per heavy atom. The number of rotatable bonds is 1. The number of alkyl halides is 3. The molecule has 0 saturated heterocycles. The van der Waals surface area contributed by atoms with Crippen molar-refractivity contribution in [3.63, 3.8) is 0 Å². The van der Waals surface area contributed by atoms with Crippen LogP contribution in [0.15, 0.2) is 38.6 Å². The van der Waals surface area contributed by atoms with Crippen LogP contribution in [-0.2, 0) is 6.18 Å². The molecule has 0 N–H and O–H groups in total. The molecule has 0 aliphatic carbocycles. The first-order chi connectivity index (χ1) is 12.4. The minimum atomic E-state index is -4.52. The number of hydrogen-bond donors (Lipinski definition) is 0. The van der Waals surface area contributed by atoms with Crippen LogP contribution in [0.3, 0.4) is 0 Å². The van der Waals surface area contributed by atoms with Crippen LogP contribution in [0.4, 0.5) is 13.2 Å². The topological polar surface area (TPSA) is 97.1 Å². The molecule has 0 spiro atoms. The zero-order valence-corrected chi connectivity index (χ0v) is 14.1. The summed E-state index contributed by atoms with van der Waals surface area (Å²) in [5.74, 6) is 0. The molecule has 0 bridgehead atoms. The highest BCUT2D eigenvalue weighted by atomic mass is 32.2. The Hall–Kier alpha value is -3.00. The normalized spacial score (nSPS) is 12.7. The molecular formula is C16H4F3N5S2. The van der Waals surface area contributed by atoms with Crippen molar-refractivity contribution in [3.05, 3.63) is 51.0 Å². The Bertz CT molecular complexity index is 1030.